The molecule has 2 nitrogen and oxygen atoms in total. The molecule has 71 valence electrons. The fourth-order valence-electron chi connectivity index (χ4n) is 0.735. The van der Waals surface area contributed by atoms with Crippen molar-refractivity contribution in [1.29, 1.82) is 0 Å². The summed E-state index contributed by atoms with van der Waals surface area (Å²) in [5.74, 6) is -0.121. The zero-order valence-corrected chi connectivity index (χ0v) is 6.68. The molecule has 1 aromatic rings. The highest BCUT2D eigenvalue weighted by atomic mass is 19.4. The fourth-order valence-corrected chi connectivity index (χ4v) is 0.735. The third-order valence-electron chi connectivity index (χ3n) is 1.21. The predicted octanol–water partition coefficient (Wildman–Crippen LogP) is 2.39. The summed E-state index contributed by atoms with van der Waals surface area (Å²) in [5, 5.41) is 0. The lowest BCUT2D eigenvalue weighted by Crippen LogP contribution is -2.17. The van der Waals surface area contributed by atoms with E-state index >= 15 is 0 Å². The molecule has 0 fully saturated rings. The Kier molecular flexibility index (Phi) is 2.65. The first-order valence-corrected chi connectivity index (χ1v) is 3.33. The van der Waals surface area contributed by atoms with Gasteiger partial charge >= 0.3 is 6.36 Å². The summed E-state index contributed by atoms with van der Waals surface area (Å²) in [6.07, 6.45) is -4.69. The third-order valence-corrected chi connectivity index (χ3v) is 1.21. The van der Waals surface area contributed by atoms with Crippen molar-refractivity contribution in [2.75, 3.05) is 7.11 Å². The Morgan fingerprint density at radius 2 is 2.08 bits per heavy atom. The third kappa shape index (κ3) is 3.23. The number of methoxy groups -OCH3 is 1. The Bertz CT molecular complexity index is 283. The summed E-state index contributed by atoms with van der Waals surface area (Å²) < 4.78 is 43.4. The number of benzene rings is 1. The molecule has 1 radical (unpaired) electrons. The quantitative estimate of drug-likeness (QED) is 0.714. The molecule has 0 saturated carbocycles. The lowest BCUT2D eigenvalue weighted by molar-refractivity contribution is -0.274. The molecule has 0 aromatic heterocycles. The average molecular weight is 191 g/mol. The van der Waals surface area contributed by atoms with E-state index < -0.39 is 12.1 Å². The fraction of sp³-hybridized carbons (Fsp3) is 0.250. The van der Waals surface area contributed by atoms with Crippen LogP contribution in [0.5, 0.6) is 11.5 Å². The Morgan fingerprint density at radius 1 is 1.38 bits per heavy atom. The van der Waals surface area contributed by atoms with Gasteiger partial charge in [-0.05, 0) is 12.1 Å². The van der Waals surface area contributed by atoms with Gasteiger partial charge in [0.05, 0.1) is 7.11 Å². The van der Waals surface area contributed by atoms with E-state index in [-0.39, 0.29) is 5.75 Å². The maximum absolute atomic E-state index is 11.7. The van der Waals surface area contributed by atoms with Crippen LogP contribution in [0.1, 0.15) is 0 Å². The summed E-state index contributed by atoms with van der Waals surface area (Å²) in [4.78, 5) is 0. The van der Waals surface area contributed by atoms with E-state index in [0.717, 1.165) is 6.07 Å². The van der Waals surface area contributed by atoms with Crippen LogP contribution >= 0.6 is 0 Å². The highest BCUT2D eigenvalue weighted by molar-refractivity contribution is 5.31. The molecule has 0 unspecified atom stereocenters. The van der Waals surface area contributed by atoms with Crippen LogP contribution in [0.4, 0.5) is 13.2 Å². The number of halogens is 3. The summed E-state index contributed by atoms with van der Waals surface area (Å²) in [6, 6.07) is 6.15. The predicted molar refractivity (Wildman–Crippen MR) is 38.5 cm³/mol. The van der Waals surface area contributed by atoms with Gasteiger partial charge in [0.1, 0.15) is 11.5 Å². The highest BCUT2D eigenvalue weighted by Gasteiger charge is 2.31. The number of rotatable bonds is 2. The molecule has 0 aliphatic carbocycles. The average Bonchev–Trinajstić information content (AvgIpc) is 2.01. The number of ether oxygens (including phenoxy) is 2. The van der Waals surface area contributed by atoms with Crippen molar-refractivity contribution in [3.05, 3.63) is 24.3 Å². The standard InChI is InChI=1S/C8H6F3O2/c1-12-6-3-2-4-7(5-6)13-8(9,10)11/h2-3,5H,1H3. The Hall–Kier alpha value is -1.39. The molecule has 0 N–H and O–H groups in total. The summed E-state index contributed by atoms with van der Waals surface area (Å²) in [5.41, 5.74) is 0. The molecular weight excluding hydrogens is 185 g/mol. The van der Waals surface area contributed by atoms with Crippen molar-refractivity contribution in [2.24, 2.45) is 0 Å². The van der Waals surface area contributed by atoms with Crippen LogP contribution < -0.4 is 9.47 Å². The number of hydrogen-bond donors (Lipinski definition) is 0. The van der Waals surface area contributed by atoms with E-state index in [1.807, 2.05) is 0 Å². The Labute approximate surface area is 72.9 Å². The molecule has 0 amide bonds. The smallest absolute Gasteiger partial charge is 0.497 e. The van der Waals surface area contributed by atoms with Gasteiger partial charge in [0, 0.05) is 12.1 Å². The first-order chi connectivity index (χ1) is 6.01. The first kappa shape index (κ1) is 9.70. The van der Waals surface area contributed by atoms with Crippen LogP contribution in [-0.2, 0) is 0 Å². The minimum absolute atomic E-state index is 0.290. The maximum Gasteiger partial charge on any atom is 0.573 e. The van der Waals surface area contributed by atoms with Gasteiger partial charge in [0.15, 0.2) is 0 Å². The van der Waals surface area contributed by atoms with Gasteiger partial charge in [-0.2, -0.15) is 0 Å². The second-order valence-electron chi connectivity index (χ2n) is 2.14. The monoisotopic (exact) mass is 191 g/mol. The zero-order chi connectivity index (χ0) is 9.90. The summed E-state index contributed by atoms with van der Waals surface area (Å²) in [6.45, 7) is 0. The second kappa shape index (κ2) is 3.55. The molecule has 0 atom stereocenters. The molecule has 0 bridgehead atoms. The van der Waals surface area contributed by atoms with Gasteiger partial charge in [-0.1, -0.05) is 0 Å². The van der Waals surface area contributed by atoms with Crippen LogP contribution in [0.2, 0.25) is 0 Å². The molecule has 0 heterocycles. The van der Waals surface area contributed by atoms with Crippen LogP contribution in [0.3, 0.4) is 0 Å². The van der Waals surface area contributed by atoms with Gasteiger partial charge in [0.2, 0.25) is 0 Å². The summed E-state index contributed by atoms with van der Waals surface area (Å²) in [7, 11) is 1.35. The minimum Gasteiger partial charge on any atom is -0.497 e. The molecule has 0 saturated heterocycles. The largest absolute Gasteiger partial charge is 0.573 e. The van der Waals surface area contributed by atoms with E-state index in [1.165, 1.54) is 19.2 Å². The normalized spacial score (nSPS) is 11.1. The van der Waals surface area contributed by atoms with E-state index in [2.05, 4.69) is 10.8 Å². The van der Waals surface area contributed by atoms with E-state index in [9.17, 15) is 13.2 Å². The highest BCUT2D eigenvalue weighted by Crippen LogP contribution is 2.25. The zero-order valence-electron chi connectivity index (χ0n) is 6.68. The van der Waals surface area contributed by atoms with Crippen molar-refractivity contribution in [3.8, 4) is 11.5 Å². The maximum atomic E-state index is 11.7. The van der Waals surface area contributed by atoms with E-state index in [1.54, 1.807) is 0 Å². The second-order valence-corrected chi connectivity index (χ2v) is 2.14. The minimum atomic E-state index is -4.69. The molecular formula is C8H6F3O2. The molecule has 0 spiro atoms. The Balaban J connectivity index is 2.78. The SMILES string of the molecule is COc1cc[c]c(OC(F)(F)F)c1. The van der Waals surface area contributed by atoms with Gasteiger partial charge in [-0.3, -0.25) is 0 Å². The van der Waals surface area contributed by atoms with Crippen molar-refractivity contribution in [1.82, 2.24) is 0 Å². The van der Waals surface area contributed by atoms with Gasteiger partial charge in [0.25, 0.3) is 0 Å². The number of alkyl halides is 3. The molecule has 0 aliphatic heterocycles. The van der Waals surface area contributed by atoms with Gasteiger partial charge < -0.3 is 9.47 Å². The van der Waals surface area contributed by atoms with Crippen LogP contribution in [-0.4, -0.2) is 13.5 Å². The molecule has 1 rings (SSSR count). The molecule has 1 aromatic carbocycles. The van der Waals surface area contributed by atoms with Crippen molar-refractivity contribution < 1.29 is 22.6 Å². The van der Waals surface area contributed by atoms with Crippen molar-refractivity contribution in [2.45, 2.75) is 6.36 Å². The molecule has 0 aliphatic rings. The van der Waals surface area contributed by atoms with E-state index in [4.69, 9.17) is 4.74 Å². The van der Waals surface area contributed by atoms with Crippen molar-refractivity contribution in [3.63, 3.8) is 0 Å². The number of hydrogen-bond acceptors (Lipinski definition) is 2. The van der Waals surface area contributed by atoms with Crippen LogP contribution in [0, 0.1) is 6.07 Å². The summed E-state index contributed by atoms with van der Waals surface area (Å²) >= 11 is 0. The lowest BCUT2D eigenvalue weighted by atomic mass is 10.3. The van der Waals surface area contributed by atoms with Crippen LogP contribution in [0.15, 0.2) is 18.2 Å². The van der Waals surface area contributed by atoms with Gasteiger partial charge in [-0.15, -0.1) is 13.2 Å². The van der Waals surface area contributed by atoms with Gasteiger partial charge in [-0.25, -0.2) is 0 Å². The molecule has 5 heteroatoms. The lowest BCUT2D eigenvalue weighted by Gasteiger charge is -2.08. The van der Waals surface area contributed by atoms with Crippen molar-refractivity contribution >= 4 is 0 Å². The topological polar surface area (TPSA) is 18.5 Å². The Morgan fingerprint density at radius 3 is 2.62 bits per heavy atom. The van der Waals surface area contributed by atoms with Crippen LogP contribution in [0.25, 0.3) is 0 Å². The first-order valence-electron chi connectivity index (χ1n) is 3.33. The van der Waals surface area contributed by atoms with E-state index in [0.29, 0.717) is 0 Å². The molecule has 13 heavy (non-hydrogen) atoms.